The smallest absolute Gasteiger partial charge is 0.319 e. The summed E-state index contributed by atoms with van der Waals surface area (Å²) in [6.07, 6.45) is 2.09. The molecular weight excluding hydrogens is 556 g/mol. The molecule has 4 aromatic rings. The lowest BCUT2D eigenvalue weighted by molar-refractivity contribution is 0.226. The predicted molar refractivity (Wildman–Crippen MR) is 158 cm³/mol. The van der Waals surface area contributed by atoms with E-state index >= 15 is 0 Å². The SMILES string of the molecule is CCCCOc1ccc(-c2ccc(Oc3c(C)cc(-c4ccc(P(=O)(O)NO)cc4)cc3C)c(Cl)c2Cl)cc1. The molecule has 3 N–H and O–H groups in total. The quantitative estimate of drug-likeness (QED) is 0.0979. The minimum atomic E-state index is -3.99. The van der Waals surface area contributed by atoms with Gasteiger partial charge in [-0.1, -0.05) is 60.8 Å². The molecule has 0 fully saturated rings. The van der Waals surface area contributed by atoms with E-state index in [1.807, 2.05) is 62.4 Å². The number of hydrogen-bond acceptors (Lipinski definition) is 4. The Kier molecular flexibility index (Phi) is 9.39. The number of aryl methyl sites for hydroxylation is 2. The fourth-order valence-electron chi connectivity index (χ4n) is 4.20. The predicted octanol–water partition coefficient (Wildman–Crippen LogP) is 8.70. The molecule has 0 heterocycles. The zero-order valence-corrected chi connectivity index (χ0v) is 24.3. The summed E-state index contributed by atoms with van der Waals surface area (Å²) in [5.41, 5.74) is 5.25. The van der Waals surface area contributed by atoms with Crippen molar-refractivity contribution < 1.29 is 24.1 Å². The largest absolute Gasteiger partial charge is 0.494 e. The Morgan fingerprint density at radius 1 is 0.846 bits per heavy atom. The Morgan fingerprint density at radius 3 is 2.05 bits per heavy atom. The van der Waals surface area contributed by atoms with E-state index in [0.717, 1.165) is 52.0 Å². The second kappa shape index (κ2) is 12.6. The number of hydrogen-bond donors (Lipinski definition) is 3. The number of halogens is 2. The van der Waals surface area contributed by atoms with Crippen LogP contribution < -0.4 is 20.0 Å². The first-order valence-electron chi connectivity index (χ1n) is 12.5. The van der Waals surface area contributed by atoms with Crippen molar-refractivity contribution in [1.82, 2.24) is 5.25 Å². The van der Waals surface area contributed by atoms with Crippen molar-refractivity contribution >= 4 is 36.0 Å². The maximum absolute atomic E-state index is 11.9. The van der Waals surface area contributed by atoms with Crippen LogP contribution >= 0.6 is 30.7 Å². The first kappa shape index (κ1) is 29.2. The van der Waals surface area contributed by atoms with Crippen LogP contribution in [-0.2, 0) is 4.57 Å². The zero-order chi connectivity index (χ0) is 28.2. The second-order valence-electron chi connectivity index (χ2n) is 9.23. The van der Waals surface area contributed by atoms with Crippen LogP contribution in [0.5, 0.6) is 17.2 Å². The van der Waals surface area contributed by atoms with Gasteiger partial charge in [0.05, 0.1) is 16.9 Å². The summed E-state index contributed by atoms with van der Waals surface area (Å²) >= 11 is 13.3. The van der Waals surface area contributed by atoms with Crippen LogP contribution in [0.2, 0.25) is 10.0 Å². The highest BCUT2D eigenvalue weighted by Gasteiger charge is 2.20. The highest BCUT2D eigenvalue weighted by atomic mass is 35.5. The molecule has 0 bridgehead atoms. The average molecular weight is 586 g/mol. The van der Waals surface area contributed by atoms with E-state index in [9.17, 15) is 9.46 Å². The summed E-state index contributed by atoms with van der Waals surface area (Å²) in [4.78, 5) is 9.74. The molecule has 0 radical (unpaired) electrons. The monoisotopic (exact) mass is 585 g/mol. The average Bonchev–Trinajstić information content (AvgIpc) is 2.93. The van der Waals surface area contributed by atoms with E-state index in [-0.39, 0.29) is 5.30 Å². The van der Waals surface area contributed by atoms with Crippen molar-refractivity contribution in [3.63, 3.8) is 0 Å². The number of benzene rings is 4. The van der Waals surface area contributed by atoms with E-state index in [2.05, 4.69) is 6.92 Å². The molecule has 0 spiro atoms. The standard InChI is InChI=1S/C30H30Cl2NO5P/c1-4-5-16-37-24-10-6-22(7-11-24)26-14-15-27(29(32)28(26)31)38-30-19(2)17-23(18-20(30)3)21-8-12-25(13-9-21)39(35,36)33-34/h6-15,17-18,34H,4-5,16H2,1-3H3,(H2,33,35,36). The molecule has 204 valence electrons. The molecule has 4 aromatic carbocycles. The van der Waals surface area contributed by atoms with Gasteiger partial charge in [0.25, 0.3) is 0 Å². The van der Waals surface area contributed by atoms with Crippen molar-refractivity contribution in [2.24, 2.45) is 0 Å². The number of unbranched alkanes of at least 4 members (excludes halogenated alkanes) is 1. The maximum Gasteiger partial charge on any atom is 0.319 e. The van der Waals surface area contributed by atoms with Gasteiger partial charge in [-0.25, -0.2) is 0 Å². The third-order valence-electron chi connectivity index (χ3n) is 6.34. The van der Waals surface area contributed by atoms with Crippen molar-refractivity contribution in [2.45, 2.75) is 33.6 Å². The fraction of sp³-hybridized carbons (Fsp3) is 0.200. The Morgan fingerprint density at radius 2 is 1.46 bits per heavy atom. The topological polar surface area (TPSA) is 88.0 Å². The van der Waals surface area contributed by atoms with Gasteiger partial charge in [-0.2, -0.15) is 0 Å². The highest BCUT2D eigenvalue weighted by molar-refractivity contribution is 7.63. The van der Waals surface area contributed by atoms with Gasteiger partial charge in [0, 0.05) is 5.56 Å². The van der Waals surface area contributed by atoms with Crippen LogP contribution in [0.1, 0.15) is 30.9 Å². The van der Waals surface area contributed by atoms with E-state index < -0.39 is 7.52 Å². The van der Waals surface area contributed by atoms with Crippen molar-refractivity contribution in [3.8, 4) is 39.5 Å². The minimum absolute atomic E-state index is 0.105. The maximum atomic E-state index is 11.9. The molecule has 39 heavy (non-hydrogen) atoms. The molecule has 0 aliphatic carbocycles. The molecule has 1 atom stereocenters. The summed E-state index contributed by atoms with van der Waals surface area (Å²) in [5, 5.41) is 11.2. The lowest BCUT2D eigenvalue weighted by Gasteiger charge is -2.17. The molecule has 0 saturated heterocycles. The highest BCUT2D eigenvalue weighted by Crippen LogP contribution is 2.43. The van der Waals surface area contributed by atoms with Gasteiger partial charge >= 0.3 is 7.52 Å². The molecule has 0 aliphatic heterocycles. The van der Waals surface area contributed by atoms with Gasteiger partial charge in [0.15, 0.2) is 0 Å². The Bertz CT molecular complexity index is 1480. The number of ether oxygens (including phenoxy) is 2. The van der Waals surface area contributed by atoms with Gasteiger partial charge in [0.2, 0.25) is 0 Å². The first-order valence-corrected chi connectivity index (χ1v) is 14.9. The number of rotatable bonds is 10. The minimum Gasteiger partial charge on any atom is -0.494 e. The van der Waals surface area contributed by atoms with E-state index in [1.54, 1.807) is 12.1 Å². The molecule has 6 nitrogen and oxygen atoms in total. The van der Waals surface area contributed by atoms with Gasteiger partial charge in [0.1, 0.15) is 22.3 Å². The van der Waals surface area contributed by atoms with Gasteiger partial charge < -0.3 is 19.6 Å². The van der Waals surface area contributed by atoms with Crippen molar-refractivity contribution in [1.29, 1.82) is 0 Å². The Labute approximate surface area is 238 Å². The second-order valence-corrected chi connectivity index (χ2v) is 11.9. The zero-order valence-electron chi connectivity index (χ0n) is 21.9. The summed E-state index contributed by atoms with van der Waals surface area (Å²) < 4.78 is 23.9. The molecular formula is C30H30Cl2NO5P. The first-order chi connectivity index (χ1) is 18.6. The summed E-state index contributed by atoms with van der Waals surface area (Å²) in [5.74, 6) is 1.93. The lowest BCUT2D eigenvalue weighted by Crippen LogP contribution is -2.15. The molecule has 9 heteroatoms. The van der Waals surface area contributed by atoms with Crippen molar-refractivity contribution in [3.05, 3.63) is 94.0 Å². The van der Waals surface area contributed by atoms with Crippen LogP contribution in [0.15, 0.2) is 72.8 Å². The van der Waals surface area contributed by atoms with Gasteiger partial charge in [-0.3, -0.25) is 4.57 Å². The molecule has 0 aromatic heterocycles. The van der Waals surface area contributed by atoms with Gasteiger partial charge in [-0.15, -0.1) is 5.25 Å². The lowest BCUT2D eigenvalue weighted by atomic mass is 10.00. The van der Waals surface area contributed by atoms with E-state index in [0.29, 0.717) is 28.2 Å². The Hall–Kier alpha value is -2.83. The molecule has 0 saturated carbocycles. The van der Waals surface area contributed by atoms with Crippen molar-refractivity contribution in [2.75, 3.05) is 6.61 Å². The summed E-state index contributed by atoms with van der Waals surface area (Å²) in [6.45, 7) is 6.69. The van der Waals surface area contributed by atoms with Gasteiger partial charge in [-0.05, 0) is 96.6 Å². The van der Waals surface area contributed by atoms with Crippen LogP contribution in [0, 0.1) is 13.8 Å². The normalized spacial score (nSPS) is 12.7. The molecule has 0 amide bonds. The van der Waals surface area contributed by atoms with Crippen LogP contribution in [0.3, 0.4) is 0 Å². The third kappa shape index (κ3) is 6.67. The van der Waals surface area contributed by atoms with Crippen LogP contribution in [0.25, 0.3) is 22.3 Å². The fourth-order valence-corrected chi connectivity index (χ4v) is 5.34. The summed E-state index contributed by atoms with van der Waals surface area (Å²) in [6, 6.07) is 21.9. The Balaban J connectivity index is 1.55. The molecule has 4 rings (SSSR count). The number of nitrogens with one attached hydrogen (secondary N) is 1. The van der Waals surface area contributed by atoms with E-state index in [4.69, 9.17) is 37.9 Å². The molecule has 0 aliphatic rings. The molecule has 1 unspecified atom stereocenters. The van der Waals surface area contributed by atoms with Crippen LogP contribution in [0.4, 0.5) is 0 Å². The summed E-state index contributed by atoms with van der Waals surface area (Å²) in [7, 11) is -3.99. The van der Waals surface area contributed by atoms with E-state index in [1.165, 1.54) is 17.4 Å². The van der Waals surface area contributed by atoms with Crippen LogP contribution in [-0.4, -0.2) is 16.7 Å². The third-order valence-corrected chi connectivity index (χ3v) is 8.47.